The topological polar surface area (TPSA) is 38.7 Å². The van der Waals surface area contributed by atoms with Gasteiger partial charge in [-0.15, -0.1) is 0 Å². The molecule has 5 atom stereocenters. The summed E-state index contributed by atoms with van der Waals surface area (Å²) in [6, 6.07) is 8.16. The SMILES string of the molecule is COc1ccc([C@@H]2OC[C@@]3(CO)[C@@H](C)C=C(C)[C@H]2[C@@H]3C)cc1. The predicted molar refractivity (Wildman–Crippen MR) is 86.8 cm³/mol. The molecule has 0 saturated carbocycles. The number of aliphatic hydroxyl groups excluding tert-OH is 1. The van der Waals surface area contributed by atoms with Crippen LogP contribution in [0, 0.1) is 23.2 Å². The van der Waals surface area contributed by atoms with Gasteiger partial charge < -0.3 is 14.6 Å². The Kier molecular flexibility index (Phi) is 4.04. The van der Waals surface area contributed by atoms with Gasteiger partial charge in [-0.1, -0.05) is 37.6 Å². The van der Waals surface area contributed by atoms with Gasteiger partial charge >= 0.3 is 0 Å². The molecule has 120 valence electrons. The first-order valence-corrected chi connectivity index (χ1v) is 8.08. The van der Waals surface area contributed by atoms with Crippen LogP contribution >= 0.6 is 0 Å². The number of hydrogen-bond donors (Lipinski definition) is 1. The van der Waals surface area contributed by atoms with E-state index in [1.54, 1.807) is 7.11 Å². The summed E-state index contributed by atoms with van der Waals surface area (Å²) in [7, 11) is 1.68. The molecule has 1 fully saturated rings. The molecule has 22 heavy (non-hydrogen) atoms. The summed E-state index contributed by atoms with van der Waals surface area (Å²) in [5, 5.41) is 10.0. The van der Waals surface area contributed by atoms with E-state index in [1.807, 2.05) is 12.1 Å². The van der Waals surface area contributed by atoms with E-state index in [0.717, 1.165) is 5.75 Å². The fourth-order valence-corrected chi connectivity index (χ4v) is 4.38. The molecule has 0 spiro atoms. The molecule has 0 amide bonds. The first kappa shape index (κ1) is 15.6. The van der Waals surface area contributed by atoms with E-state index in [9.17, 15) is 5.11 Å². The van der Waals surface area contributed by atoms with E-state index in [0.29, 0.717) is 24.4 Å². The lowest BCUT2D eigenvalue weighted by atomic mass is 9.56. The van der Waals surface area contributed by atoms with E-state index in [4.69, 9.17) is 9.47 Å². The highest BCUT2D eigenvalue weighted by Gasteiger charge is 2.53. The predicted octanol–water partition coefficient (Wildman–Crippen LogP) is 3.59. The van der Waals surface area contributed by atoms with Crippen LogP contribution in [0.3, 0.4) is 0 Å². The lowest BCUT2D eigenvalue weighted by Crippen LogP contribution is -2.53. The van der Waals surface area contributed by atoms with Gasteiger partial charge in [-0.2, -0.15) is 0 Å². The van der Waals surface area contributed by atoms with Crippen LogP contribution in [0.1, 0.15) is 32.4 Å². The quantitative estimate of drug-likeness (QED) is 0.867. The molecule has 1 heterocycles. The second-order valence-electron chi connectivity index (χ2n) is 6.91. The Hall–Kier alpha value is -1.32. The number of allylic oxidation sites excluding steroid dienone is 1. The fraction of sp³-hybridized carbons (Fsp3) is 0.579. The zero-order chi connectivity index (χ0) is 15.9. The van der Waals surface area contributed by atoms with Crippen LogP contribution < -0.4 is 4.74 Å². The van der Waals surface area contributed by atoms with Crippen LogP contribution in [0.15, 0.2) is 35.9 Å². The van der Waals surface area contributed by atoms with Crippen molar-refractivity contribution in [1.82, 2.24) is 0 Å². The third-order valence-electron chi connectivity index (χ3n) is 5.99. The highest BCUT2D eigenvalue weighted by atomic mass is 16.5. The van der Waals surface area contributed by atoms with Gasteiger partial charge in [0.05, 0.1) is 26.4 Å². The number of aliphatic hydroxyl groups is 1. The fourth-order valence-electron chi connectivity index (χ4n) is 4.38. The molecule has 2 aliphatic rings. The second-order valence-corrected chi connectivity index (χ2v) is 6.91. The van der Waals surface area contributed by atoms with Gasteiger partial charge in [0.2, 0.25) is 0 Å². The summed E-state index contributed by atoms with van der Waals surface area (Å²) in [6.45, 7) is 7.47. The van der Waals surface area contributed by atoms with E-state index in [2.05, 4.69) is 39.0 Å². The molecular formula is C19H26O3. The Bertz CT molecular complexity index is 563. The van der Waals surface area contributed by atoms with E-state index in [-0.39, 0.29) is 18.1 Å². The lowest BCUT2D eigenvalue weighted by Gasteiger charge is -2.55. The van der Waals surface area contributed by atoms with Crippen LogP contribution in [0.25, 0.3) is 0 Å². The van der Waals surface area contributed by atoms with Crippen LogP contribution in [0.4, 0.5) is 0 Å². The van der Waals surface area contributed by atoms with E-state index < -0.39 is 0 Å². The molecule has 1 aromatic rings. The third kappa shape index (κ3) is 2.19. The van der Waals surface area contributed by atoms with Gasteiger partial charge in [0.15, 0.2) is 0 Å². The molecule has 1 saturated heterocycles. The molecule has 3 nitrogen and oxygen atoms in total. The number of ether oxygens (including phenoxy) is 2. The van der Waals surface area contributed by atoms with Crippen molar-refractivity contribution in [2.75, 3.05) is 20.3 Å². The highest BCUT2D eigenvalue weighted by molar-refractivity contribution is 5.32. The van der Waals surface area contributed by atoms with Gasteiger partial charge in [-0.05, 0) is 36.5 Å². The number of hydrogen-bond acceptors (Lipinski definition) is 3. The Morgan fingerprint density at radius 1 is 1.27 bits per heavy atom. The van der Waals surface area contributed by atoms with Gasteiger partial charge in [0.1, 0.15) is 5.75 Å². The molecule has 3 heteroatoms. The number of rotatable bonds is 3. The Balaban J connectivity index is 1.97. The molecule has 1 aliphatic carbocycles. The summed E-state index contributed by atoms with van der Waals surface area (Å²) in [5.41, 5.74) is 2.42. The van der Waals surface area contributed by atoms with Crippen LogP contribution in [-0.4, -0.2) is 25.4 Å². The van der Waals surface area contributed by atoms with Crippen LogP contribution in [0.5, 0.6) is 5.75 Å². The van der Waals surface area contributed by atoms with E-state index in [1.165, 1.54) is 11.1 Å². The van der Waals surface area contributed by atoms with Crippen molar-refractivity contribution in [3.8, 4) is 5.75 Å². The first-order valence-electron chi connectivity index (χ1n) is 8.08. The van der Waals surface area contributed by atoms with Crippen LogP contribution in [0.2, 0.25) is 0 Å². The molecule has 0 radical (unpaired) electrons. The van der Waals surface area contributed by atoms with Crippen molar-refractivity contribution in [2.24, 2.45) is 23.2 Å². The summed E-state index contributed by atoms with van der Waals surface area (Å²) in [5.74, 6) is 1.94. The van der Waals surface area contributed by atoms with E-state index >= 15 is 0 Å². The van der Waals surface area contributed by atoms with Crippen molar-refractivity contribution in [3.05, 3.63) is 41.5 Å². The van der Waals surface area contributed by atoms with Gasteiger partial charge in [0.25, 0.3) is 0 Å². The molecule has 0 unspecified atom stereocenters. The van der Waals surface area contributed by atoms with Crippen LogP contribution in [-0.2, 0) is 4.74 Å². The first-order chi connectivity index (χ1) is 10.5. The van der Waals surface area contributed by atoms with Crippen molar-refractivity contribution in [2.45, 2.75) is 26.9 Å². The van der Waals surface area contributed by atoms with Crippen molar-refractivity contribution in [1.29, 1.82) is 0 Å². The summed E-state index contributed by atoms with van der Waals surface area (Å²) < 4.78 is 11.5. The van der Waals surface area contributed by atoms with Crippen molar-refractivity contribution < 1.29 is 14.6 Å². The summed E-state index contributed by atoms with van der Waals surface area (Å²) in [6.07, 6.45) is 2.39. The zero-order valence-corrected chi connectivity index (χ0v) is 13.9. The van der Waals surface area contributed by atoms with Gasteiger partial charge in [0, 0.05) is 11.3 Å². The molecule has 1 aromatic carbocycles. The minimum Gasteiger partial charge on any atom is -0.497 e. The standard InChI is InChI=1S/C19H26O3/c1-12-9-13(2)19(10-20)11-22-18(17(12)14(19)3)15-5-7-16(21-4)8-6-15/h5-9,13-14,17-18,20H,10-11H2,1-4H3/t13-,14-,17-,18-,19-/m0/s1. The number of methoxy groups -OCH3 is 1. The monoisotopic (exact) mass is 302 g/mol. The maximum atomic E-state index is 10.0. The zero-order valence-electron chi connectivity index (χ0n) is 13.9. The molecule has 0 aromatic heterocycles. The maximum absolute atomic E-state index is 10.0. The second kappa shape index (κ2) is 5.71. The largest absolute Gasteiger partial charge is 0.497 e. The highest BCUT2D eigenvalue weighted by Crippen LogP contribution is 2.55. The average molecular weight is 302 g/mol. The molecule has 1 N–H and O–H groups in total. The van der Waals surface area contributed by atoms with Crippen molar-refractivity contribution >= 4 is 0 Å². The number of benzene rings is 1. The van der Waals surface area contributed by atoms with Gasteiger partial charge in [-0.3, -0.25) is 0 Å². The minimum absolute atomic E-state index is 0.0596. The molecule has 1 aliphatic heterocycles. The Labute approximate surface area is 132 Å². The summed E-state index contributed by atoms with van der Waals surface area (Å²) >= 11 is 0. The summed E-state index contributed by atoms with van der Waals surface area (Å²) in [4.78, 5) is 0. The number of fused-ring (bicyclic) bond motifs is 2. The molecule has 3 rings (SSSR count). The minimum atomic E-state index is -0.146. The van der Waals surface area contributed by atoms with Crippen molar-refractivity contribution in [3.63, 3.8) is 0 Å². The van der Waals surface area contributed by atoms with Gasteiger partial charge in [-0.25, -0.2) is 0 Å². The Morgan fingerprint density at radius 3 is 2.55 bits per heavy atom. The maximum Gasteiger partial charge on any atom is 0.118 e. The molecular weight excluding hydrogens is 276 g/mol. The third-order valence-corrected chi connectivity index (χ3v) is 5.99. The smallest absolute Gasteiger partial charge is 0.118 e. The average Bonchev–Trinajstić information content (AvgIpc) is 2.53. The Morgan fingerprint density at radius 2 is 1.95 bits per heavy atom. The lowest BCUT2D eigenvalue weighted by molar-refractivity contribution is -0.165. The normalized spacial score (nSPS) is 37.6. The molecule has 2 bridgehead atoms.